The van der Waals surface area contributed by atoms with Gasteiger partial charge in [0.15, 0.2) is 0 Å². The summed E-state index contributed by atoms with van der Waals surface area (Å²) in [5.74, 6) is -1.35. The van der Waals surface area contributed by atoms with Crippen LogP contribution in [-0.4, -0.2) is 28.8 Å². The Morgan fingerprint density at radius 3 is 2.00 bits per heavy atom. The molecule has 144 valence electrons. The average Bonchev–Trinajstić information content (AvgIpc) is 2.70. The lowest BCUT2D eigenvalue weighted by Gasteiger charge is -2.15. The van der Waals surface area contributed by atoms with E-state index in [1.807, 2.05) is 32.9 Å². The van der Waals surface area contributed by atoms with E-state index in [-0.39, 0.29) is 12.2 Å². The zero-order valence-corrected chi connectivity index (χ0v) is 16.1. The summed E-state index contributed by atoms with van der Waals surface area (Å²) >= 11 is 0. The maximum atomic E-state index is 12.1. The lowest BCUT2D eigenvalue weighted by Crippen LogP contribution is -2.42. The van der Waals surface area contributed by atoms with Gasteiger partial charge in [-0.15, -0.1) is 0 Å². The number of benzene rings is 2. The molecular weight excluding hydrogens is 342 g/mol. The minimum absolute atomic E-state index is 0.159. The predicted molar refractivity (Wildman–Crippen MR) is 106 cm³/mol. The summed E-state index contributed by atoms with van der Waals surface area (Å²) in [6.07, 6.45) is 1.05. The molecule has 1 amide bonds. The molecule has 0 saturated heterocycles. The highest BCUT2D eigenvalue weighted by Gasteiger charge is 2.21. The van der Waals surface area contributed by atoms with Gasteiger partial charge in [0, 0.05) is 24.8 Å². The zero-order valence-electron chi connectivity index (χ0n) is 16.1. The topological polar surface area (TPSA) is 83.5 Å². The number of ketones is 1. The molecule has 0 aliphatic carbocycles. The summed E-state index contributed by atoms with van der Waals surface area (Å²) in [5.41, 5.74) is 2.10. The lowest BCUT2D eigenvalue weighted by molar-refractivity contribution is -0.139. The molecule has 1 atom stereocenters. The number of hydrogen-bond donors (Lipinski definition) is 2. The highest BCUT2D eigenvalue weighted by atomic mass is 16.4. The Kier molecular flexibility index (Phi) is 9.51. The second-order valence-corrected chi connectivity index (χ2v) is 5.82. The van der Waals surface area contributed by atoms with Crippen LogP contribution in [0.3, 0.4) is 0 Å². The molecule has 2 aromatic carbocycles. The fraction of sp³-hybridized carbons (Fsp3) is 0.318. The van der Waals surface area contributed by atoms with E-state index in [1.165, 1.54) is 0 Å². The SMILES string of the molecule is CC.CCC(=O)Cc1ccc(C[C@@H](NC(=O)c2ccccc2)C(=O)O)cc1. The molecule has 0 aliphatic rings. The molecule has 0 aromatic heterocycles. The monoisotopic (exact) mass is 369 g/mol. The van der Waals surface area contributed by atoms with Crippen LogP contribution in [0.25, 0.3) is 0 Å². The van der Waals surface area contributed by atoms with E-state index in [1.54, 1.807) is 42.5 Å². The molecule has 27 heavy (non-hydrogen) atoms. The molecule has 0 aliphatic heterocycles. The molecule has 0 spiro atoms. The Hall–Kier alpha value is -2.95. The van der Waals surface area contributed by atoms with Crippen molar-refractivity contribution in [3.05, 3.63) is 71.3 Å². The van der Waals surface area contributed by atoms with Crippen LogP contribution in [0.4, 0.5) is 0 Å². The quantitative estimate of drug-likeness (QED) is 0.744. The Morgan fingerprint density at radius 1 is 0.926 bits per heavy atom. The number of amides is 1. The van der Waals surface area contributed by atoms with Gasteiger partial charge in [0.25, 0.3) is 5.91 Å². The van der Waals surface area contributed by atoms with Gasteiger partial charge in [0.05, 0.1) is 0 Å². The fourth-order valence-corrected chi connectivity index (χ4v) is 2.41. The number of carbonyl (C=O) groups is 3. The van der Waals surface area contributed by atoms with Gasteiger partial charge in [-0.05, 0) is 23.3 Å². The number of carboxylic acids is 1. The van der Waals surface area contributed by atoms with Crippen molar-refractivity contribution >= 4 is 17.7 Å². The number of carboxylic acid groups (broad SMARTS) is 1. The second kappa shape index (κ2) is 11.6. The molecule has 5 heteroatoms. The molecule has 5 nitrogen and oxygen atoms in total. The van der Waals surface area contributed by atoms with Gasteiger partial charge < -0.3 is 10.4 Å². The number of Topliss-reactive ketones (excluding diaryl/α,β-unsaturated/α-hetero) is 1. The lowest BCUT2D eigenvalue weighted by atomic mass is 10.0. The Balaban J connectivity index is 0.00000176. The van der Waals surface area contributed by atoms with Crippen molar-refractivity contribution < 1.29 is 19.5 Å². The molecule has 0 saturated carbocycles. The molecule has 0 unspecified atom stereocenters. The predicted octanol–water partition coefficient (Wildman–Crippen LogP) is 3.66. The fourth-order valence-electron chi connectivity index (χ4n) is 2.41. The number of carbonyl (C=O) groups excluding carboxylic acids is 2. The summed E-state index contributed by atoms with van der Waals surface area (Å²) < 4.78 is 0. The average molecular weight is 369 g/mol. The maximum Gasteiger partial charge on any atom is 0.326 e. The van der Waals surface area contributed by atoms with Crippen LogP contribution in [0.2, 0.25) is 0 Å². The van der Waals surface area contributed by atoms with Crippen molar-refractivity contribution in [2.75, 3.05) is 0 Å². The van der Waals surface area contributed by atoms with E-state index in [0.29, 0.717) is 18.4 Å². The molecule has 2 aromatic rings. The van der Waals surface area contributed by atoms with Crippen LogP contribution >= 0.6 is 0 Å². The van der Waals surface area contributed by atoms with E-state index in [2.05, 4.69) is 5.32 Å². The van der Waals surface area contributed by atoms with E-state index in [9.17, 15) is 19.5 Å². The van der Waals surface area contributed by atoms with Gasteiger partial charge in [-0.1, -0.05) is 63.2 Å². The molecule has 0 fully saturated rings. The van der Waals surface area contributed by atoms with Crippen LogP contribution in [0.5, 0.6) is 0 Å². The van der Waals surface area contributed by atoms with E-state index in [0.717, 1.165) is 11.1 Å². The van der Waals surface area contributed by atoms with Crippen molar-refractivity contribution in [1.82, 2.24) is 5.32 Å². The third kappa shape index (κ3) is 7.44. The molecule has 0 radical (unpaired) electrons. The number of nitrogens with one attached hydrogen (secondary N) is 1. The maximum absolute atomic E-state index is 12.1. The Bertz CT molecular complexity index is 739. The molecule has 2 N–H and O–H groups in total. The summed E-state index contributed by atoms with van der Waals surface area (Å²) in [6.45, 7) is 5.82. The van der Waals surface area contributed by atoms with Crippen LogP contribution in [0.1, 0.15) is 48.7 Å². The first-order valence-corrected chi connectivity index (χ1v) is 9.17. The first-order chi connectivity index (χ1) is 13.0. The minimum Gasteiger partial charge on any atom is -0.480 e. The summed E-state index contributed by atoms with van der Waals surface area (Å²) in [7, 11) is 0. The zero-order chi connectivity index (χ0) is 20.2. The molecule has 0 heterocycles. The second-order valence-electron chi connectivity index (χ2n) is 5.82. The van der Waals surface area contributed by atoms with Crippen molar-refractivity contribution in [2.45, 2.75) is 46.1 Å². The molecular formula is C22H27NO4. The van der Waals surface area contributed by atoms with Crippen LogP contribution in [0, 0.1) is 0 Å². The van der Waals surface area contributed by atoms with Crippen LogP contribution in [0.15, 0.2) is 54.6 Å². The van der Waals surface area contributed by atoms with Crippen molar-refractivity contribution in [3.63, 3.8) is 0 Å². The third-order valence-electron chi connectivity index (χ3n) is 3.90. The van der Waals surface area contributed by atoms with Crippen molar-refractivity contribution in [1.29, 1.82) is 0 Å². The van der Waals surface area contributed by atoms with Crippen LogP contribution in [-0.2, 0) is 22.4 Å². The van der Waals surface area contributed by atoms with Gasteiger partial charge in [-0.3, -0.25) is 9.59 Å². The number of hydrogen-bond acceptors (Lipinski definition) is 3. The van der Waals surface area contributed by atoms with Gasteiger partial charge in [-0.2, -0.15) is 0 Å². The normalized spacial score (nSPS) is 10.9. The van der Waals surface area contributed by atoms with E-state index in [4.69, 9.17) is 0 Å². The largest absolute Gasteiger partial charge is 0.480 e. The van der Waals surface area contributed by atoms with Crippen molar-refractivity contribution in [3.8, 4) is 0 Å². The van der Waals surface area contributed by atoms with E-state index >= 15 is 0 Å². The first-order valence-electron chi connectivity index (χ1n) is 9.17. The van der Waals surface area contributed by atoms with Crippen molar-refractivity contribution in [2.24, 2.45) is 0 Å². The highest BCUT2D eigenvalue weighted by Crippen LogP contribution is 2.10. The number of aliphatic carboxylic acids is 1. The first kappa shape index (κ1) is 22.1. The van der Waals surface area contributed by atoms with Gasteiger partial charge in [0.1, 0.15) is 11.8 Å². The summed E-state index contributed by atoms with van der Waals surface area (Å²) in [4.78, 5) is 35.1. The third-order valence-corrected chi connectivity index (χ3v) is 3.90. The Labute approximate surface area is 160 Å². The minimum atomic E-state index is -1.09. The smallest absolute Gasteiger partial charge is 0.326 e. The summed E-state index contributed by atoms with van der Waals surface area (Å²) in [6, 6.07) is 14.7. The molecule has 0 bridgehead atoms. The summed E-state index contributed by atoms with van der Waals surface area (Å²) in [5, 5.41) is 11.9. The Morgan fingerprint density at radius 2 is 1.48 bits per heavy atom. The van der Waals surface area contributed by atoms with Gasteiger partial charge >= 0.3 is 5.97 Å². The van der Waals surface area contributed by atoms with E-state index < -0.39 is 17.9 Å². The highest BCUT2D eigenvalue weighted by molar-refractivity contribution is 5.96. The van der Waals surface area contributed by atoms with Gasteiger partial charge in [-0.25, -0.2) is 4.79 Å². The van der Waals surface area contributed by atoms with Crippen LogP contribution < -0.4 is 5.32 Å². The number of rotatable bonds is 8. The molecule has 2 rings (SSSR count). The standard InChI is InChI=1S/C20H21NO4.C2H6/c1-2-17(22)12-14-8-10-15(11-9-14)13-18(20(24)25)21-19(23)16-6-4-3-5-7-16;1-2/h3-11,18H,2,12-13H2,1H3,(H,21,23)(H,24,25);1-2H3/t18-;/m1./s1. The van der Waals surface area contributed by atoms with Gasteiger partial charge in [0.2, 0.25) is 0 Å².